The molecule has 0 aromatic heterocycles. The summed E-state index contributed by atoms with van der Waals surface area (Å²) in [6.45, 7) is 3.27. The number of thioether (sulfide) groups is 1. The van der Waals surface area contributed by atoms with E-state index in [0.717, 1.165) is 28.7 Å². The van der Waals surface area contributed by atoms with E-state index < -0.39 is 0 Å². The van der Waals surface area contributed by atoms with Crippen molar-refractivity contribution in [3.8, 4) is 6.07 Å². The maximum atomic E-state index is 9.66. The van der Waals surface area contributed by atoms with Crippen molar-refractivity contribution in [1.29, 1.82) is 5.26 Å². The Balaban J connectivity index is 1.95. The fourth-order valence-corrected chi connectivity index (χ4v) is 4.85. The first-order valence-corrected chi connectivity index (χ1v) is 9.26. The van der Waals surface area contributed by atoms with Crippen LogP contribution in [0, 0.1) is 17.2 Å². The minimum Gasteiger partial charge on any atom is -0.367 e. The van der Waals surface area contributed by atoms with Crippen molar-refractivity contribution in [3.63, 3.8) is 0 Å². The molecule has 0 spiro atoms. The molecule has 3 heteroatoms. The van der Waals surface area contributed by atoms with Gasteiger partial charge in [-0.3, -0.25) is 0 Å². The lowest BCUT2D eigenvalue weighted by molar-refractivity contribution is 0.243. The highest BCUT2D eigenvalue weighted by molar-refractivity contribution is 7.99. The summed E-state index contributed by atoms with van der Waals surface area (Å²) in [6.07, 6.45) is 8.09. The van der Waals surface area contributed by atoms with Crippen molar-refractivity contribution in [2.75, 3.05) is 17.2 Å². The van der Waals surface area contributed by atoms with Gasteiger partial charge in [0.15, 0.2) is 0 Å². The highest BCUT2D eigenvalue weighted by atomic mass is 32.2. The van der Waals surface area contributed by atoms with Crippen LogP contribution in [0.15, 0.2) is 23.1 Å². The molecule has 112 valence electrons. The van der Waals surface area contributed by atoms with Crippen LogP contribution in [-0.2, 0) is 0 Å². The Kier molecular flexibility index (Phi) is 4.75. The third kappa shape index (κ3) is 2.92. The summed E-state index contributed by atoms with van der Waals surface area (Å²) >= 11 is 1.78. The fraction of sp³-hybridized carbons (Fsp3) is 0.611. The van der Waals surface area contributed by atoms with Crippen LogP contribution in [0.4, 0.5) is 5.69 Å². The SMILES string of the molecule is CCSc1cccc(N2CCC[C@H]3CCCC[C@H]32)c1C#N. The maximum Gasteiger partial charge on any atom is 0.103 e. The zero-order chi connectivity index (χ0) is 14.7. The van der Waals surface area contributed by atoms with Gasteiger partial charge in [-0.15, -0.1) is 11.8 Å². The van der Waals surface area contributed by atoms with E-state index in [-0.39, 0.29) is 0 Å². The van der Waals surface area contributed by atoms with Crippen molar-refractivity contribution in [2.45, 2.75) is 56.4 Å². The highest BCUT2D eigenvalue weighted by Gasteiger charge is 2.34. The Morgan fingerprint density at radius 1 is 1.24 bits per heavy atom. The number of rotatable bonds is 3. The largest absolute Gasteiger partial charge is 0.367 e. The van der Waals surface area contributed by atoms with E-state index in [1.807, 2.05) is 0 Å². The van der Waals surface area contributed by atoms with Crippen molar-refractivity contribution in [1.82, 2.24) is 0 Å². The number of fused-ring (bicyclic) bond motifs is 1. The van der Waals surface area contributed by atoms with E-state index in [1.165, 1.54) is 44.2 Å². The van der Waals surface area contributed by atoms with Crippen molar-refractivity contribution in [2.24, 2.45) is 5.92 Å². The fourth-order valence-electron chi connectivity index (χ4n) is 4.07. The molecule has 2 fully saturated rings. The van der Waals surface area contributed by atoms with E-state index in [2.05, 4.69) is 36.1 Å². The Hall–Kier alpha value is -1.14. The quantitative estimate of drug-likeness (QED) is 0.748. The molecule has 1 saturated carbocycles. The van der Waals surface area contributed by atoms with Gasteiger partial charge in [-0.1, -0.05) is 25.8 Å². The molecule has 0 N–H and O–H groups in total. The molecular formula is C18H24N2S. The van der Waals surface area contributed by atoms with E-state index >= 15 is 0 Å². The van der Waals surface area contributed by atoms with E-state index in [1.54, 1.807) is 11.8 Å². The molecular weight excluding hydrogens is 276 g/mol. The summed E-state index contributed by atoms with van der Waals surface area (Å²) in [6, 6.07) is 9.53. The second-order valence-electron chi connectivity index (χ2n) is 6.14. The van der Waals surface area contributed by atoms with Gasteiger partial charge in [0.05, 0.1) is 11.3 Å². The lowest BCUT2D eigenvalue weighted by atomic mass is 9.78. The number of hydrogen-bond donors (Lipinski definition) is 0. The van der Waals surface area contributed by atoms with Gasteiger partial charge < -0.3 is 4.90 Å². The summed E-state index contributed by atoms with van der Waals surface area (Å²) in [5, 5.41) is 9.66. The third-order valence-corrected chi connectivity index (χ3v) is 5.91. The van der Waals surface area contributed by atoms with Gasteiger partial charge in [0.25, 0.3) is 0 Å². The van der Waals surface area contributed by atoms with Gasteiger partial charge in [0.1, 0.15) is 6.07 Å². The Labute approximate surface area is 132 Å². The molecule has 0 bridgehead atoms. The second-order valence-corrected chi connectivity index (χ2v) is 7.45. The van der Waals surface area contributed by atoms with Crippen LogP contribution < -0.4 is 4.90 Å². The smallest absolute Gasteiger partial charge is 0.103 e. The van der Waals surface area contributed by atoms with Gasteiger partial charge in [-0.25, -0.2) is 0 Å². The van der Waals surface area contributed by atoms with Gasteiger partial charge in [-0.05, 0) is 49.5 Å². The topological polar surface area (TPSA) is 27.0 Å². The second kappa shape index (κ2) is 6.75. The standard InChI is InChI=1S/C18H24N2S/c1-2-21-18-11-5-10-17(15(18)13-19)20-12-6-8-14-7-3-4-9-16(14)20/h5,10-11,14,16H,2-4,6-9,12H2,1H3/t14-,16-/m1/s1. The van der Waals surface area contributed by atoms with E-state index in [9.17, 15) is 5.26 Å². The predicted octanol–water partition coefficient (Wildman–Crippen LogP) is 4.83. The summed E-state index contributed by atoms with van der Waals surface area (Å²) in [5.74, 6) is 1.87. The average molecular weight is 300 g/mol. The van der Waals surface area contributed by atoms with Crippen molar-refractivity contribution < 1.29 is 0 Å². The van der Waals surface area contributed by atoms with Crippen LogP contribution in [0.25, 0.3) is 0 Å². The number of nitriles is 1. The Morgan fingerprint density at radius 2 is 2.05 bits per heavy atom. The van der Waals surface area contributed by atoms with Crippen molar-refractivity contribution >= 4 is 17.4 Å². The molecule has 1 aromatic rings. The van der Waals surface area contributed by atoms with Gasteiger partial charge >= 0.3 is 0 Å². The summed E-state index contributed by atoms with van der Waals surface area (Å²) < 4.78 is 0. The van der Waals surface area contributed by atoms with E-state index in [4.69, 9.17) is 0 Å². The number of benzene rings is 1. The van der Waals surface area contributed by atoms with Gasteiger partial charge in [0, 0.05) is 17.5 Å². The predicted molar refractivity (Wildman–Crippen MR) is 89.9 cm³/mol. The van der Waals surface area contributed by atoms with Crippen molar-refractivity contribution in [3.05, 3.63) is 23.8 Å². The normalized spacial score (nSPS) is 25.2. The molecule has 3 rings (SSSR count). The summed E-state index contributed by atoms with van der Waals surface area (Å²) in [4.78, 5) is 3.71. The molecule has 0 radical (unpaired) electrons. The lowest BCUT2D eigenvalue weighted by Crippen LogP contribution is -2.47. The zero-order valence-electron chi connectivity index (χ0n) is 12.8. The molecule has 2 aliphatic rings. The average Bonchev–Trinajstić information content (AvgIpc) is 2.54. The van der Waals surface area contributed by atoms with Crippen LogP contribution in [0.1, 0.15) is 51.0 Å². The van der Waals surface area contributed by atoms with E-state index in [0.29, 0.717) is 6.04 Å². The first-order valence-electron chi connectivity index (χ1n) is 8.27. The molecule has 0 unspecified atom stereocenters. The van der Waals surface area contributed by atoms with Gasteiger partial charge in [-0.2, -0.15) is 5.26 Å². The molecule has 2 nitrogen and oxygen atoms in total. The minimum atomic E-state index is 0.668. The van der Waals surface area contributed by atoms with Crippen LogP contribution in [0.2, 0.25) is 0 Å². The molecule has 1 heterocycles. The summed E-state index contributed by atoms with van der Waals surface area (Å²) in [5.41, 5.74) is 2.09. The minimum absolute atomic E-state index is 0.668. The molecule has 2 atom stereocenters. The molecule has 1 saturated heterocycles. The van der Waals surface area contributed by atoms with Crippen LogP contribution in [0.3, 0.4) is 0 Å². The Morgan fingerprint density at radius 3 is 2.86 bits per heavy atom. The molecule has 21 heavy (non-hydrogen) atoms. The van der Waals surface area contributed by atoms with Crippen LogP contribution in [0.5, 0.6) is 0 Å². The highest BCUT2D eigenvalue weighted by Crippen LogP contribution is 2.40. The third-order valence-electron chi connectivity index (χ3n) is 4.97. The zero-order valence-corrected chi connectivity index (χ0v) is 13.7. The molecule has 0 amide bonds. The first kappa shape index (κ1) is 14.8. The molecule has 1 aliphatic carbocycles. The monoisotopic (exact) mass is 300 g/mol. The van der Waals surface area contributed by atoms with Crippen LogP contribution in [-0.4, -0.2) is 18.3 Å². The number of anilines is 1. The maximum absolute atomic E-state index is 9.66. The first-order chi connectivity index (χ1) is 10.3. The van der Waals surface area contributed by atoms with Gasteiger partial charge in [0.2, 0.25) is 0 Å². The number of piperidine rings is 1. The molecule has 1 aliphatic heterocycles. The lowest BCUT2D eigenvalue weighted by Gasteiger charge is -2.45. The Bertz CT molecular complexity index is 533. The summed E-state index contributed by atoms with van der Waals surface area (Å²) in [7, 11) is 0. The van der Waals surface area contributed by atoms with Crippen LogP contribution >= 0.6 is 11.8 Å². The molecule has 1 aromatic carbocycles. The number of hydrogen-bond acceptors (Lipinski definition) is 3. The number of nitrogens with zero attached hydrogens (tertiary/aromatic N) is 2.